The van der Waals surface area contributed by atoms with Gasteiger partial charge in [0.05, 0.1) is 5.69 Å². The minimum absolute atomic E-state index is 0.398. The van der Waals surface area contributed by atoms with E-state index in [0.717, 1.165) is 43.7 Å². The Labute approximate surface area is 104 Å². The van der Waals surface area contributed by atoms with Crippen molar-refractivity contribution in [3.8, 4) is 0 Å². The molecule has 6 heteroatoms. The second kappa shape index (κ2) is 4.02. The Balaban J connectivity index is 1.85. The van der Waals surface area contributed by atoms with Gasteiger partial charge in [-0.1, -0.05) is 23.2 Å². The first-order chi connectivity index (χ1) is 7.74. The first kappa shape index (κ1) is 10.6. The monoisotopic (exact) mass is 258 g/mol. The van der Waals surface area contributed by atoms with Crippen LogP contribution in [0.2, 0.25) is 10.3 Å². The van der Waals surface area contributed by atoms with Crippen LogP contribution >= 0.6 is 23.2 Å². The molecule has 2 atom stereocenters. The summed E-state index contributed by atoms with van der Waals surface area (Å²) in [6.45, 7) is 4.26. The molecule has 86 valence electrons. The highest BCUT2D eigenvalue weighted by Gasteiger charge is 2.36. The van der Waals surface area contributed by atoms with Gasteiger partial charge in [-0.05, 0) is 11.8 Å². The second-order valence-electron chi connectivity index (χ2n) is 4.43. The highest BCUT2D eigenvalue weighted by molar-refractivity contribution is 6.33. The van der Waals surface area contributed by atoms with Crippen molar-refractivity contribution in [3.05, 3.63) is 16.4 Å². The highest BCUT2D eigenvalue weighted by atomic mass is 35.5. The fourth-order valence-corrected chi connectivity index (χ4v) is 2.97. The molecule has 3 rings (SSSR count). The minimum Gasteiger partial charge on any atom is -0.368 e. The van der Waals surface area contributed by atoms with E-state index < -0.39 is 0 Å². The van der Waals surface area contributed by atoms with Gasteiger partial charge in [-0.25, -0.2) is 0 Å². The maximum Gasteiger partial charge on any atom is 0.175 e. The Morgan fingerprint density at radius 2 is 1.88 bits per heavy atom. The number of aromatic nitrogens is 2. The zero-order chi connectivity index (χ0) is 11.1. The fraction of sp³-hybridized carbons (Fsp3) is 0.600. The van der Waals surface area contributed by atoms with Crippen LogP contribution in [0, 0.1) is 11.8 Å². The van der Waals surface area contributed by atoms with Crippen LogP contribution in [0.4, 0.5) is 5.69 Å². The number of fused-ring (bicyclic) bond motifs is 1. The Kier molecular flexibility index (Phi) is 2.65. The van der Waals surface area contributed by atoms with Crippen LogP contribution in [-0.4, -0.2) is 36.4 Å². The van der Waals surface area contributed by atoms with Gasteiger partial charge in [-0.2, -0.15) is 0 Å². The molecule has 0 bridgehead atoms. The van der Waals surface area contributed by atoms with Crippen LogP contribution in [-0.2, 0) is 0 Å². The van der Waals surface area contributed by atoms with E-state index in [1.54, 1.807) is 6.07 Å². The van der Waals surface area contributed by atoms with Crippen LogP contribution in [0.25, 0.3) is 0 Å². The van der Waals surface area contributed by atoms with Crippen LogP contribution in [0.15, 0.2) is 6.07 Å². The van der Waals surface area contributed by atoms with E-state index in [2.05, 4.69) is 20.4 Å². The average Bonchev–Trinajstić information content (AvgIpc) is 2.81. The van der Waals surface area contributed by atoms with Crippen molar-refractivity contribution in [3.63, 3.8) is 0 Å². The first-order valence-electron chi connectivity index (χ1n) is 5.38. The van der Waals surface area contributed by atoms with E-state index >= 15 is 0 Å². The Morgan fingerprint density at radius 1 is 1.19 bits per heavy atom. The van der Waals surface area contributed by atoms with Gasteiger partial charge in [0.15, 0.2) is 10.3 Å². The zero-order valence-electron chi connectivity index (χ0n) is 8.66. The molecule has 16 heavy (non-hydrogen) atoms. The third kappa shape index (κ3) is 1.75. The normalized spacial score (nSPS) is 28.5. The number of nitrogens with one attached hydrogen (secondary N) is 1. The maximum atomic E-state index is 6.04. The molecule has 0 saturated carbocycles. The van der Waals surface area contributed by atoms with Crippen molar-refractivity contribution in [2.75, 3.05) is 31.1 Å². The van der Waals surface area contributed by atoms with Gasteiger partial charge in [0, 0.05) is 32.2 Å². The maximum absolute atomic E-state index is 6.04. The smallest absolute Gasteiger partial charge is 0.175 e. The number of rotatable bonds is 1. The molecule has 0 aromatic carbocycles. The second-order valence-corrected chi connectivity index (χ2v) is 5.17. The van der Waals surface area contributed by atoms with Gasteiger partial charge in [0.1, 0.15) is 0 Å². The lowest BCUT2D eigenvalue weighted by Gasteiger charge is -2.20. The number of halogens is 2. The van der Waals surface area contributed by atoms with Crippen LogP contribution in [0.3, 0.4) is 0 Å². The van der Waals surface area contributed by atoms with E-state index in [0.29, 0.717) is 10.3 Å². The first-order valence-corrected chi connectivity index (χ1v) is 6.14. The Hall–Kier alpha value is -0.580. The van der Waals surface area contributed by atoms with Crippen molar-refractivity contribution < 1.29 is 0 Å². The molecule has 2 aliphatic heterocycles. The third-order valence-corrected chi connectivity index (χ3v) is 3.88. The standard InChI is InChI=1S/C10H12Cl2N4/c11-9-1-8(10(12)15-14-9)16-4-6-2-13-3-7(6)5-16/h1,6-7,13H,2-5H2/t6-,7+. The summed E-state index contributed by atoms with van der Waals surface area (Å²) in [6, 6.07) is 1.80. The van der Waals surface area contributed by atoms with Crippen LogP contribution in [0.1, 0.15) is 0 Å². The predicted octanol–water partition coefficient (Wildman–Crippen LogP) is 1.44. The molecule has 4 nitrogen and oxygen atoms in total. The van der Waals surface area contributed by atoms with Gasteiger partial charge < -0.3 is 10.2 Å². The third-order valence-electron chi connectivity index (χ3n) is 3.43. The molecular weight excluding hydrogens is 247 g/mol. The van der Waals surface area contributed by atoms with Crippen molar-refractivity contribution in [1.82, 2.24) is 15.5 Å². The molecule has 2 saturated heterocycles. The number of anilines is 1. The molecular formula is C10H12Cl2N4. The largest absolute Gasteiger partial charge is 0.368 e. The molecule has 0 amide bonds. The molecule has 1 aromatic rings. The summed E-state index contributed by atoms with van der Waals surface area (Å²) in [5.74, 6) is 1.45. The van der Waals surface area contributed by atoms with E-state index in [4.69, 9.17) is 23.2 Å². The predicted molar refractivity (Wildman–Crippen MR) is 64.1 cm³/mol. The summed E-state index contributed by atoms with van der Waals surface area (Å²) in [4.78, 5) is 2.26. The molecule has 0 radical (unpaired) electrons. The molecule has 3 heterocycles. The SMILES string of the molecule is Clc1cc(N2C[C@H]3CNC[C@H]3C2)c(Cl)nn1. The van der Waals surface area contributed by atoms with E-state index in [-0.39, 0.29) is 0 Å². The van der Waals surface area contributed by atoms with Gasteiger partial charge >= 0.3 is 0 Å². The van der Waals surface area contributed by atoms with Gasteiger partial charge in [-0.15, -0.1) is 10.2 Å². The molecule has 2 aliphatic rings. The lowest BCUT2D eigenvalue weighted by atomic mass is 10.0. The number of nitrogens with zero attached hydrogens (tertiary/aromatic N) is 3. The number of hydrogen-bond acceptors (Lipinski definition) is 4. The van der Waals surface area contributed by atoms with Crippen molar-refractivity contribution in [2.45, 2.75) is 0 Å². The summed E-state index contributed by atoms with van der Waals surface area (Å²) >= 11 is 11.9. The summed E-state index contributed by atoms with van der Waals surface area (Å²) in [6.07, 6.45) is 0. The van der Waals surface area contributed by atoms with Crippen molar-refractivity contribution >= 4 is 28.9 Å². The summed E-state index contributed by atoms with van der Waals surface area (Å²) in [5, 5.41) is 11.8. The molecule has 1 aromatic heterocycles. The van der Waals surface area contributed by atoms with Gasteiger partial charge in [0.25, 0.3) is 0 Å². The van der Waals surface area contributed by atoms with E-state index in [1.807, 2.05) is 0 Å². The van der Waals surface area contributed by atoms with Crippen LogP contribution < -0.4 is 10.2 Å². The minimum atomic E-state index is 0.398. The fourth-order valence-electron chi connectivity index (χ4n) is 2.62. The van der Waals surface area contributed by atoms with E-state index in [1.165, 1.54) is 0 Å². The highest BCUT2D eigenvalue weighted by Crippen LogP contribution is 2.34. The quantitative estimate of drug-likeness (QED) is 0.828. The zero-order valence-corrected chi connectivity index (χ0v) is 10.2. The molecule has 0 aliphatic carbocycles. The van der Waals surface area contributed by atoms with Gasteiger partial charge in [0.2, 0.25) is 0 Å². The van der Waals surface area contributed by atoms with Gasteiger partial charge in [-0.3, -0.25) is 0 Å². The van der Waals surface area contributed by atoms with E-state index in [9.17, 15) is 0 Å². The summed E-state index contributed by atoms with van der Waals surface area (Å²) < 4.78 is 0. The van der Waals surface area contributed by atoms with Crippen molar-refractivity contribution in [1.29, 1.82) is 0 Å². The Bertz CT molecular complexity index is 400. The molecule has 2 fully saturated rings. The summed E-state index contributed by atoms with van der Waals surface area (Å²) in [5.41, 5.74) is 0.913. The molecule has 1 N–H and O–H groups in total. The topological polar surface area (TPSA) is 41.0 Å². The average molecular weight is 259 g/mol. The molecule has 0 spiro atoms. The van der Waals surface area contributed by atoms with Crippen LogP contribution in [0.5, 0.6) is 0 Å². The Morgan fingerprint density at radius 3 is 2.56 bits per heavy atom. The lowest BCUT2D eigenvalue weighted by Crippen LogP contribution is -2.25. The van der Waals surface area contributed by atoms with Crippen molar-refractivity contribution in [2.24, 2.45) is 11.8 Å². The molecule has 0 unspecified atom stereocenters. The summed E-state index contributed by atoms with van der Waals surface area (Å²) in [7, 11) is 0. The number of hydrogen-bond donors (Lipinski definition) is 1. The lowest BCUT2D eigenvalue weighted by molar-refractivity contribution is 0.533.